The lowest BCUT2D eigenvalue weighted by molar-refractivity contribution is -0.712. The van der Waals surface area contributed by atoms with Gasteiger partial charge in [0.15, 0.2) is 18.1 Å². The Morgan fingerprint density at radius 3 is 2.22 bits per heavy atom. The van der Waals surface area contributed by atoms with Crippen molar-refractivity contribution in [1.29, 1.82) is 5.26 Å². The second-order valence-corrected chi connectivity index (χ2v) is 8.60. The summed E-state index contributed by atoms with van der Waals surface area (Å²) in [6, 6.07) is 26.2. The largest absolute Gasteiger partial charge is 1.00 e. The van der Waals surface area contributed by atoms with E-state index in [0.29, 0.717) is 16.2 Å². The monoisotopic (exact) mass is 505 g/mol. The zero-order valence-corrected chi connectivity index (χ0v) is 19.4. The smallest absolute Gasteiger partial charge is 0.300 e. The molecule has 1 saturated heterocycles. The van der Waals surface area contributed by atoms with Crippen LogP contribution in [0.5, 0.6) is 0 Å². The van der Waals surface area contributed by atoms with Crippen LogP contribution in [0.15, 0.2) is 102 Å². The number of halogens is 1. The fourth-order valence-corrected chi connectivity index (χ4v) is 5.79. The van der Waals surface area contributed by atoms with Crippen LogP contribution in [0.4, 0.5) is 0 Å². The first kappa shape index (κ1) is 22.3. The number of hydrogen-bond donors (Lipinski definition) is 1. The van der Waals surface area contributed by atoms with Gasteiger partial charge in [-0.25, -0.2) is 0 Å². The van der Waals surface area contributed by atoms with Gasteiger partial charge in [-0.15, -0.1) is 11.8 Å². The van der Waals surface area contributed by atoms with Gasteiger partial charge < -0.3 is 22.1 Å². The molecule has 1 fully saturated rings. The number of fused-ring (bicyclic) bond motifs is 1. The summed E-state index contributed by atoms with van der Waals surface area (Å²) >= 11 is 1.36. The molecule has 3 unspecified atom stereocenters. The van der Waals surface area contributed by atoms with E-state index in [1.54, 1.807) is 0 Å². The van der Waals surface area contributed by atoms with E-state index in [2.05, 4.69) is 6.07 Å². The van der Waals surface area contributed by atoms with Crippen LogP contribution in [0.2, 0.25) is 0 Å². The highest BCUT2D eigenvalue weighted by Gasteiger charge is 2.58. The Kier molecular flexibility index (Phi) is 6.20. The highest BCUT2D eigenvalue weighted by atomic mass is 79.9. The average molecular weight is 506 g/mol. The van der Waals surface area contributed by atoms with Gasteiger partial charge in [0.1, 0.15) is 0 Å². The van der Waals surface area contributed by atoms with E-state index >= 15 is 0 Å². The minimum absolute atomic E-state index is 0. The average Bonchev–Trinajstić information content (AvgIpc) is 3.19. The molecule has 2 aliphatic rings. The van der Waals surface area contributed by atoms with Gasteiger partial charge in [-0.2, -0.15) is 9.83 Å². The first-order chi connectivity index (χ1) is 15.1. The molecule has 3 heterocycles. The third-order valence-corrected chi connectivity index (χ3v) is 7.11. The predicted octanol–water partition coefficient (Wildman–Crippen LogP) is 0.472. The molecule has 3 aromatic rings. The summed E-state index contributed by atoms with van der Waals surface area (Å²) in [5, 5.41) is 22.4. The zero-order valence-electron chi connectivity index (χ0n) is 17.0. The molecule has 5 nitrogen and oxygen atoms in total. The van der Waals surface area contributed by atoms with Crippen LogP contribution < -0.4 is 21.5 Å². The van der Waals surface area contributed by atoms with Gasteiger partial charge in [0.2, 0.25) is 6.04 Å². The molecule has 0 aliphatic carbocycles. The van der Waals surface area contributed by atoms with Crippen LogP contribution in [-0.2, 0) is 10.5 Å². The van der Waals surface area contributed by atoms with E-state index in [1.807, 2.05) is 95.8 Å². The lowest BCUT2D eigenvalue weighted by Crippen LogP contribution is -3.00. The number of amides is 1. The van der Waals surface area contributed by atoms with Crippen LogP contribution in [0.1, 0.15) is 23.1 Å². The number of rotatable bonds is 3. The maximum atomic E-state index is 14.0. The number of aromatic nitrogens is 1. The van der Waals surface area contributed by atoms with Gasteiger partial charge >= 0.3 is 0 Å². The lowest BCUT2D eigenvalue weighted by Gasteiger charge is -2.39. The zero-order chi connectivity index (χ0) is 21.4. The van der Waals surface area contributed by atoms with E-state index in [9.17, 15) is 15.2 Å². The van der Waals surface area contributed by atoms with Crippen molar-refractivity contribution in [2.24, 2.45) is 0 Å². The van der Waals surface area contributed by atoms with Crippen molar-refractivity contribution in [2.75, 3.05) is 5.75 Å². The maximum Gasteiger partial charge on any atom is 0.300 e. The summed E-state index contributed by atoms with van der Waals surface area (Å²) in [5.74, 6) is -0.393. The number of allylic oxidation sites excluding steroid dienone is 1. The molecule has 32 heavy (non-hydrogen) atoms. The quantitative estimate of drug-likeness (QED) is 0.525. The van der Waals surface area contributed by atoms with E-state index in [0.717, 1.165) is 5.56 Å². The summed E-state index contributed by atoms with van der Waals surface area (Å²) in [7, 11) is 0. The predicted molar refractivity (Wildman–Crippen MR) is 117 cm³/mol. The molecular weight excluding hydrogens is 486 g/mol. The molecule has 1 N–H and O–H groups in total. The van der Waals surface area contributed by atoms with Crippen molar-refractivity contribution in [1.82, 2.24) is 4.90 Å². The van der Waals surface area contributed by atoms with Crippen LogP contribution in [0.3, 0.4) is 0 Å². The molecular formula is C25H20BrN3O2S. The molecule has 160 valence electrons. The van der Waals surface area contributed by atoms with Gasteiger partial charge in [0.05, 0.1) is 28.3 Å². The van der Waals surface area contributed by atoms with E-state index < -0.39 is 17.7 Å². The van der Waals surface area contributed by atoms with Gasteiger partial charge in [-0.3, -0.25) is 9.69 Å². The number of benzene rings is 2. The molecule has 0 spiro atoms. The van der Waals surface area contributed by atoms with Gasteiger partial charge in [0.25, 0.3) is 5.91 Å². The summed E-state index contributed by atoms with van der Waals surface area (Å²) in [4.78, 5) is 15.5. The van der Waals surface area contributed by atoms with Crippen LogP contribution in [-0.4, -0.2) is 21.7 Å². The SMILES string of the molecule is N#CC1=C2SCC(O)(c3ccccc3)N2C(=O)C([n+]2ccccc2)C1c1ccccc1.[Br-]. The highest BCUT2D eigenvalue weighted by Crippen LogP contribution is 2.53. The first-order valence-corrected chi connectivity index (χ1v) is 11.0. The topological polar surface area (TPSA) is 68.2 Å². The number of pyridine rings is 1. The van der Waals surface area contributed by atoms with E-state index in [1.165, 1.54) is 16.7 Å². The summed E-state index contributed by atoms with van der Waals surface area (Å²) in [5.41, 5.74) is 0.536. The van der Waals surface area contributed by atoms with Crippen molar-refractivity contribution in [2.45, 2.75) is 17.7 Å². The van der Waals surface area contributed by atoms with Crippen LogP contribution in [0.25, 0.3) is 0 Å². The molecule has 7 heteroatoms. The fourth-order valence-electron chi connectivity index (χ4n) is 4.45. The molecule has 0 bridgehead atoms. The lowest BCUT2D eigenvalue weighted by atomic mass is 9.81. The summed E-state index contributed by atoms with van der Waals surface area (Å²) in [6.07, 6.45) is 3.67. The Labute approximate surface area is 201 Å². The van der Waals surface area contributed by atoms with Gasteiger partial charge in [-0.1, -0.05) is 66.7 Å². The molecule has 2 aliphatic heterocycles. The second-order valence-electron chi connectivity index (χ2n) is 7.63. The molecule has 5 rings (SSSR count). The number of nitrogens with zero attached hydrogens (tertiary/aromatic N) is 3. The maximum absolute atomic E-state index is 14.0. The fraction of sp³-hybridized carbons (Fsp3) is 0.160. The number of nitriles is 1. The Bertz CT molecular complexity index is 1200. The van der Waals surface area contributed by atoms with Crippen molar-refractivity contribution < 1.29 is 31.4 Å². The second kappa shape index (κ2) is 8.91. The number of thioether (sulfide) groups is 1. The highest BCUT2D eigenvalue weighted by molar-refractivity contribution is 8.03. The minimum Gasteiger partial charge on any atom is -1.00 e. The van der Waals surface area contributed by atoms with E-state index in [4.69, 9.17) is 0 Å². The third kappa shape index (κ3) is 3.45. The Morgan fingerprint density at radius 2 is 1.59 bits per heavy atom. The summed E-state index contributed by atoms with van der Waals surface area (Å²) < 4.78 is 1.84. The molecule has 2 aromatic carbocycles. The molecule has 1 aromatic heterocycles. The van der Waals surface area contributed by atoms with Crippen molar-refractivity contribution >= 4 is 17.7 Å². The standard InChI is InChI=1S/C25H20N3O2S.BrH/c26-16-20-21(18-10-4-1-5-11-18)22(27-14-8-3-9-15-27)23(29)28-24(20)31-17-25(28,30)19-12-6-2-7-13-19;/h1-15,21-22,30H,17H2;1H/q+1;/p-1. The van der Waals surface area contributed by atoms with Crippen molar-refractivity contribution in [3.63, 3.8) is 0 Å². The molecule has 3 atom stereocenters. The Morgan fingerprint density at radius 1 is 1.00 bits per heavy atom. The number of aliphatic hydroxyl groups is 1. The van der Waals surface area contributed by atoms with Crippen molar-refractivity contribution in [3.05, 3.63) is 113 Å². The normalized spacial score (nSPS) is 24.5. The van der Waals surface area contributed by atoms with Crippen molar-refractivity contribution in [3.8, 4) is 6.07 Å². The van der Waals surface area contributed by atoms with Gasteiger partial charge in [0, 0.05) is 17.7 Å². The molecule has 0 saturated carbocycles. The number of carbonyl (C=O) groups excluding carboxylic acids is 1. The third-order valence-electron chi connectivity index (χ3n) is 5.89. The number of hydrogen-bond acceptors (Lipinski definition) is 4. The number of carbonyl (C=O) groups is 1. The molecule has 0 radical (unpaired) electrons. The van der Waals surface area contributed by atoms with E-state index in [-0.39, 0.29) is 28.6 Å². The first-order valence-electron chi connectivity index (χ1n) is 10.0. The van der Waals surface area contributed by atoms with Crippen LogP contribution in [0, 0.1) is 11.3 Å². The molecule has 1 amide bonds. The van der Waals surface area contributed by atoms with Crippen LogP contribution >= 0.6 is 11.8 Å². The minimum atomic E-state index is -1.50. The Hall–Kier alpha value is -2.92. The van der Waals surface area contributed by atoms with Gasteiger partial charge in [-0.05, 0) is 5.56 Å². The Balaban J connectivity index is 0.00000245. The summed E-state index contributed by atoms with van der Waals surface area (Å²) in [6.45, 7) is 0.